The molecule has 0 aromatic rings. The van der Waals surface area contributed by atoms with Crippen LogP contribution in [0.2, 0.25) is 0 Å². The first-order valence-corrected chi connectivity index (χ1v) is 17.6. The predicted molar refractivity (Wildman–Crippen MR) is 163 cm³/mol. The van der Waals surface area contributed by atoms with Gasteiger partial charge in [-0.15, -0.1) is 0 Å². The van der Waals surface area contributed by atoms with Crippen LogP contribution in [-0.2, 0) is 52.1 Å². The molecule has 0 bridgehead atoms. The molecule has 6 aliphatic heterocycles. The Labute approximate surface area is 311 Å². The lowest BCUT2D eigenvalue weighted by Gasteiger charge is -2.47. The molecule has 0 saturated carbocycles. The van der Waals surface area contributed by atoms with Crippen LogP contribution in [0, 0.1) is 0 Å². The number of hydrogen-bond donors (Lipinski definition) is 14. The Morgan fingerprint density at radius 2 is 0.782 bits per heavy atom. The van der Waals surface area contributed by atoms with E-state index in [0.717, 1.165) is 0 Å². The molecule has 6 unspecified atom stereocenters. The second-order valence-electron chi connectivity index (χ2n) is 14.0. The molecule has 0 aromatic carbocycles. The summed E-state index contributed by atoms with van der Waals surface area (Å²) < 4.78 is 62.2. The zero-order valence-electron chi connectivity index (χ0n) is 28.9. The van der Waals surface area contributed by atoms with Crippen LogP contribution >= 0.6 is 0 Å². The third-order valence-corrected chi connectivity index (χ3v) is 10.2. The molecule has 14 N–H and O–H groups in total. The fourth-order valence-corrected chi connectivity index (χ4v) is 6.87. The monoisotopic (exact) mass is 810 g/mol. The van der Waals surface area contributed by atoms with Crippen LogP contribution in [0.25, 0.3) is 0 Å². The minimum Gasteiger partial charge on any atom is -0.394 e. The molecule has 25 heteroatoms. The average molecular weight is 811 g/mol. The fourth-order valence-electron chi connectivity index (χ4n) is 6.87. The highest BCUT2D eigenvalue weighted by Gasteiger charge is 2.56. The highest BCUT2D eigenvalue weighted by molar-refractivity contribution is 4.96. The third-order valence-electron chi connectivity index (χ3n) is 10.2. The number of hydrogen-bond acceptors (Lipinski definition) is 25. The first kappa shape index (κ1) is 43.6. The molecular formula is C30H50O25. The van der Waals surface area contributed by atoms with E-state index in [-0.39, 0.29) is 0 Å². The summed E-state index contributed by atoms with van der Waals surface area (Å²) in [6.45, 7) is -3.50. The van der Waals surface area contributed by atoms with Crippen molar-refractivity contribution in [2.75, 3.05) is 39.6 Å². The van der Waals surface area contributed by atoms with Gasteiger partial charge in [0.25, 0.3) is 0 Å². The first-order chi connectivity index (χ1) is 26.1. The lowest BCUT2D eigenvalue weighted by Crippen LogP contribution is -2.64. The van der Waals surface area contributed by atoms with Gasteiger partial charge in [-0.05, 0) is 0 Å². The van der Waals surface area contributed by atoms with E-state index < -0.39 is 187 Å². The Balaban J connectivity index is 1.24. The highest BCUT2D eigenvalue weighted by atomic mass is 16.8. The first-order valence-electron chi connectivity index (χ1n) is 17.6. The van der Waals surface area contributed by atoms with Crippen LogP contribution in [0.3, 0.4) is 0 Å². The van der Waals surface area contributed by atoms with Crippen LogP contribution in [0.15, 0.2) is 0 Å². The van der Waals surface area contributed by atoms with Crippen molar-refractivity contribution in [2.24, 2.45) is 0 Å². The van der Waals surface area contributed by atoms with E-state index in [0.29, 0.717) is 0 Å². The van der Waals surface area contributed by atoms with E-state index in [2.05, 4.69) is 0 Å². The van der Waals surface area contributed by atoms with Gasteiger partial charge < -0.3 is 124 Å². The van der Waals surface area contributed by atoms with Gasteiger partial charge >= 0.3 is 0 Å². The molecule has 6 saturated heterocycles. The van der Waals surface area contributed by atoms with E-state index in [1.165, 1.54) is 0 Å². The molecule has 6 heterocycles. The molecule has 0 radical (unpaired) electrons. The van der Waals surface area contributed by atoms with E-state index in [1.54, 1.807) is 0 Å². The largest absolute Gasteiger partial charge is 0.394 e. The van der Waals surface area contributed by atoms with Gasteiger partial charge in [-0.2, -0.15) is 0 Å². The SMILES string of the molecule is OC[C@@H]1O[C@@H](OC2[C@H](O[C@@H]3CO[C@@H](O[C@@H]4CO[C@@H](O)C(O)[C@H]4O)C(O)[C@H]3O)OC[C@@H](O[C@@H]3OC[C@@H](O)[C@H](O)C3O)[C@@H]2O[C@@H]2O[C@@H](CO)[C@@H](O)C2O)C(O)[C@@H]1O. The van der Waals surface area contributed by atoms with Crippen molar-refractivity contribution >= 4 is 0 Å². The molecule has 0 amide bonds. The Bertz CT molecular complexity index is 1210. The number of rotatable bonds is 12. The van der Waals surface area contributed by atoms with Crippen molar-refractivity contribution in [2.45, 2.75) is 148 Å². The topological polar surface area (TPSA) is 385 Å². The van der Waals surface area contributed by atoms with Crippen molar-refractivity contribution < 1.29 is 124 Å². The van der Waals surface area contributed by atoms with Crippen LogP contribution in [-0.4, -0.2) is 259 Å². The average Bonchev–Trinajstić information content (AvgIpc) is 3.61. The van der Waals surface area contributed by atoms with Gasteiger partial charge in [0.15, 0.2) is 37.7 Å². The molecule has 6 aliphatic rings. The van der Waals surface area contributed by atoms with Gasteiger partial charge in [-0.25, -0.2) is 0 Å². The van der Waals surface area contributed by atoms with E-state index in [1.807, 2.05) is 0 Å². The minimum absolute atomic E-state index is 0.416. The second kappa shape index (κ2) is 18.5. The molecule has 320 valence electrons. The summed E-state index contributed by atoms with van der Waals surface area (Å²) in [6, 6.07) is 0. The molecule has 6 rings (SSSR count). The number of aliphatic hydroxyl groups excluding tert-OH is 14. The van der Waals surface area contributed by atoms with Crippen LogP contribution in [0.1, 0.15) is 0 Å². The van der Waals surface area contributed by atoms with E-state index in [9.17, 15) is 71.5 Å². The Hall–Kier alpha value is -1.00. The summed E-state index contributed by atoms with van der Waals surface area (Å²) >= 11 is 0. The highest BCUT2D eigenvalue weighted by Crippen LogP contribution is 2.36. The molecule has 0 aliphatic carbocycles. The molecular weight excluding hydrogens is 760 g/mol. The Kier molecular flexibility index (Phi) is 14.7. The normalized spacial score (nSPS) is 53.8. The smallest absolute Gasteiger partial charge is 0.187 e. The van der Waals surface area contributed by atoms with Gasteiger partial charge in [0.05, 0.1) is 39.6 Å². The summed E-state index contributed by atoms with van der Waals surface area (Å²) in [5.74, 6) is 0. The molecule has 0 aromatic heterocycles. The van der Waals surface area contributed by atoms with Crippen molar-refractivity contribution in [3.63, 3.8) is 0 Å². The lowest BCUT2D eigenvalue weighted by molar-refractivity contribution is -0.382. The quantitative estimate of drug-likeness (QED) is 0.0870. The van der Waals surface area contributed by atoms with Crippen molar-refractivity contribution in [1.82, 2.24) is 0 Å². The van der Waals surface area contributed by atoms with E-state index >= 15 is 0 Å². The van der Waals surface area contributed by atoms with Gasteiger partial charge in [0, 0.05) is 0 Å². The maximum absolute atomic E-state index is 11.1. The standard InChI is InChI=1S/C30H50O25/c31-1-8-14(35)21(42)28(49-8)54-23-12(53-26-19(40)13(34)7(33)3-46-26)6-48-30(24(23)55-29-22(43)15(36)9(2-32)50-29)52-11-5-47-27(20(41)17(11)38)51-10-4-45-25(44)18(39)16(10)37/h7-44H,1-6H2/t7-,8+,9+,10-,11-,12-,13+,14-,15-,16+,17+,18?,19?,20?,21?,22?,23+,24?,25-,26+,27+,28+,29+,30+/m1/s1. The lowest BCUT2D eigenvalue weighted by atomic mass is 10.0. The molecule has 0 spiro atoms. The van der Waals surface area contributed by atoms with E-state index in [4.69, 9.17) is 52.1 Å². The van der Waals surface area contributed by atoms with Crippen molar-refractivity contribution in [3.05, 3.63) is 0 Å². The molecule has 55 heavy (non-hydrogen) atoms. The van der Waals surface area contributed by atoms with Crippen LogP contribution in [0.4, 0.5) is 0 Å². The van der Waals surface area contributed by atoms with Crippen LogP contribution in [0.5, 0.6) is 0 Å². The van der Waals surface area contributed by atoms with Gasteiger partial charge in [0.2, 0.25) is 0 Å². The fraction of sp³-hybridized carbons (Fsp3) is 1.00. The third kappa shape index (κ3) is 9.11. The Morgan fingerprint density at radius 3 is 1.35 bits per heavy atom. The summed E-state index contributed by atoms with van der Waals surface area (Å²) in [7, 11) is 0. The zero-order chi connectivity index (χ0) is 39.9. The van der Waals surface area contributed by atoms with Gasteiger partial charge in [-0.3, -0.25) is 0 Å². The predicted octanol–water partition coefficient (Wildman–Crippen LogP) is -10.3. The Morgan fingerprint density at radius 1 is 0.364 bits per heavy atom. The zero-order valence-corrected chi connectivity index (χ0v) is 28.9. The van der Waals surface area contributed by atoms with Gasteiger partial charge in [0.1, 0.15) is 110 Å². The molecule has 6 fully saturated rings. The van der Waals surface area contributed by atoms with Crippen molar-refractivity contribution in [3.8, 4) is 0 Å². The summed E-state index contributed by atoms with van der Waals surface area (Å²) in [6.07, 6.45) is -39.6. The molecule has 24 atom stereocenters. The molecule has 25 nitrogen and oxygen atoms in total. The minimum atomic E-state index is -1.88. The van der Waals surface area contributed by atoms with Gasteiger partial charge in [-0.1, -0.05) is 0 Å². The van der Waals surface area contributed by atoms with Crippen molar-refractivity contribution in [1.29, 1.82) is 0 Å². The maximum atomic E-state index is 11.1. The summed E-state index contributed by atoms with van der Waals surface area (Å²) in [4.78, 5) is 0. The number of ether oxygens (including phenoxy) is 11. The summed E-state index contributed by atoms with van der Waals surface area (Å²) in [5.41, 5.74) is 0. The van der Waals surface area contributed by atoms with Crippen LogP contribution < -0.4 is 0 Å². The second-order valence-corrected chi connectivity index (χ2v) is 14.0. The summed E-state index contributed by atoms with van der Waals surface area (Å²) in [5, 5.41) is 144. The maximum Gasteiger partial charge on any atom is 0.187 e. The number of aliphatic hydroxyl groups is 14.